The Labute approximate surface area is 173 Å². The maximum absolute atomic E-state index is 12.7. The minimum absolute atomic E-state index is 0.260. The molecule has 1 saturated heterocycles. The minimum atomic E-state index is -0.481. The molecule has 7 nitrogen and oxygen atoms in total. The van der Waals surface area contributed by atoms with Gasteiger partial charge in [0.15, 0.2) is 0 Å². The Morgan fingerprint density at radius 1 is 1.14 bits per heavy atom. The summed E-state index contributed by atoms with van der Waals surface area (Å²) in [5, 5.41) is 3.82. The van der Waals surface area contributed by atoms with E-state index in [4.69, 9.17) is 9.47 Å². The zero-order valence-corrected chi connectivity index (χ0v) is 17.3. The largest absolute Gasteiger partial charge is 0.496 e. The summed E-state index contributed by atoms with van der Waals surface area (Å²) in [7, 11) is 3.16. The van der Waals surface area contributed by atoms with E-state index in [0.29, 0.717) is 18.0 Å². The maximum Gasteiger partial charge on any atom is 0.294 e. The Hall–Kier alpha value is -3.00. The number of hydrogen-bond donors (Lipinski definition) is 1. The van der Waals surface area contributed by atoms with Gasteiger partial charge < -0.3 is 14.8 Å². The highest BCUT2D eigenvalue weighted by Gasteiger charge is 2.36. The van der Waals surface area contributed by atoms with E-state index in [2.05, 4.69) is 5.32 Å². The quantitative estimate of drug-likeness (QED) is 0.699. The number of ether oxygens (including phenoxy) is 2. The SMILES string of the molecule is CCCNC(=O)CN1C(=O)S/C(=C\c2ccc(OC)c3cccc(OC)c23)C1=O. The Kier molecular flexibility index (Phi) is 6.43. The zero-order chi connectivity index (χ0) is 21.0. The summed E-state index contributed by atoms with van der Waals surface area (Å²) >= 11 is 0.821. The van der Waals surface area contributed by atoms with Gasteiger partial charge in [-0.2, -0.15) is 0 Å². The lowest BCUT2D eigenvalue weighted by atomic mass is 10.0. The van der Waals surface area contributed by atoms with Gasteiger partial charge in [-0.05, 0) is 42.0 Å². The first-order valence-corrected chi connectivity index (χ1v) is 9.97. The second-order valence-electron chi connectivity index (χ2n) is 6.36. The summed E-state index contributed by atoms with van der Waals surface area (Å²) in [6.07, 6.45) is 2.43. The number of imide groups is 1. The number of nitrogens with one attached hydrogen (secondary N) is 1. The van der Waals surface area contributed by atoms with Gasteiger partial charge in [0.25, 0.3) is 11.1 Å². The standard InChI is InChI=1S/C21H22N2O5S/c1-4-10-22-18(24)12-23-20(25)17(29-21(23)26)11-13-8-9-15(27-2)14-6-5-7-16(28-3)19(13)14/h5-9,11H,4,10,12H2,1-3H3,(H,22,24)/b17-11-. The number of amides is 3. The van der Waals surface area contributed by atoms with Gasteiger partial charge in [0.1, 0.15) is 18.0 Å². The van der Waals surface area contributed by atoms with Crippen molar-refractivity contribution in [3.05, 3.63) is 40.8 Å². The van der Waals surface area contributed by atoms with Crippen molar-refractivity contribution in [3.63, 3.8) is 0 Å². The number of benzene rings is 2. The molecule has 29 heavy (non-hydrogen) atoms. The second-order valence-corrected chi connectivity index (χ2v) is 7.35. The first-order valence-electron chi connectivity index (χ1n) is 9.16. The Morgan fingerprint density at radius 2 is 1.90 bits per heavy atom. The molecule has 1 heterocycles. The molecule has 0 aliphatic carbocycles. The molecule has 2 aromatic rings. The minimum Gasteiger partial charge on any atom is -0.496 e. The Morgan fingerprint density at radius 3 is 2.59 bits per heavy atom. The molecule has 152 valence electrons. The smallest absolute Gasteiger partial charge is 0.294 e. The third-order valence-electron chi connectivity index (χ3n) is 4.47. The third-order valence-corrected chi connectivity index (χ3v) is 5.38. The van der Waals surface area contributed by atoms with Crippen molar-refractivity contribution < 1.29 is 23.9 Å². The van der Waals surface area contributed by atoms with Gasteiger partial charge in [0.05, 0.1) is 19.1 Å². The highest BCUT2D eigenvalue weighted by atomic mass is 32.2. The van der Waals surface area contributed by atoms with Crippen molar-refractivity contribution in [2.45, 2.75) is 13.3 Å². The molecule has 1 fully saturated rings. The van der Waals surface area contributed by atoms with Gasteiger partial charge in [0, 0.05) is 17.3 Å². The van der Waals surface area contributed by atoms with Crippen molar-refractivity contribution in [3.8, 4) is 11.5 Å². The van der Waals surface area contributed by atoms with Crippen LogP contribution in [0.15, 0.2) is 35.2 Å². The average Bonchev–Trinajstić information content (AvgIpc) is 2.99. The number of carbonyl (C=O) groups is 3. The fourth-order valence-corrected chi connectivity index (χ4v) is 3.91. The average molecular weight is 414 g/mol. The molecule has 8 heteroatoms. The van der Waals surface area contributed by atoms with Crippen molar-refractivity contribution in [2.24, 2.45) is 0 Å². The molecule has 2 aromatic carbocycles. The molecule has 0 saturated carbocycles. The van der Waals surface area contributed by atoms with Crippen LogP contribution in [0.5, 0.6) is 11.5 Å². The molecule has 1 N–H and O–H groups in total. The second kappa shape index (κ2) is 9.00. The highest BCUT2D eigenvalue weighted by Crippen LogP contribution is 2.38. The molecule has 0 radical (unpaired) electrons. The molecular formula is C21H22N2O5S. The van der Waals surface area contributed by atoms with Crippen LogP contribution < -0.4 is 14.8 Å². The molecule has 3 rings (SSSR count). The fraction of sp³-hybridized carbons (Fsp3) is 0.286. The summed E-state index contributed by atoms with van der Waals surface area (Å²) in [5.41, 5.74) is 0.721. The van der Waals surface area contributed by atoms with Crippen molar-refractivity contribution in [1.29, 1.82) is 0 Å². The van der Waals surface area contributed by atoms with E-state index in [9.17, 15) is 14.4 Å². The summed E-state index contributed by atoms with van der Waals surface area (Å²) < 4.78 is 10.9. The number of thioether (sulfide) groups is 1. The molecule has 0 atom stereocenters. The number of methoxy groups -OCH3 is 2. The van der Waals surface area contributed by atoms with E-state index < -0.39 is 11.1 Å². The van der Waals surface area contributed by atoms with Gasteiger partial charge in [0.2, 0.25) is 5.91 Å². The Bertz CT molecular complexity index is 1000. The van der Waals surface area contributed by atoms with E-state index in [1.807, 2.05) is 31.2 Å². The zero-order valence-electron chi connectivity index (χ0n) is 16.5. The van der Waals surface area contributed by atoms with Crippen LogP contribution in [0.4, 0.5) is 4.79 Å². The molecule has 1 aliphatic heterocycles. The first kappa shape index (κ1) is 20.7. The van der Waals surface area contributed by atoms with E-state index in [1.54, 1.807) is 26.4 Å². The van der Waals surface area contributed by atoms with Crippen LogP contribution in [0.25, 0.3) is 16.8 Å². The molecule has 0 spiro atoms. The molecule has 0 aromatic heterocycles. The predicted molar refractivity (Wildman–Crippen MR) is 113 cm³/mol. The van der Waals surface area contributed by atoms with Crippen LogP contribution in [0, 0.1) is 0 Å². The van der Waals surface area contributed by atoms with Crippen molar-refractivity contribution >= 4 is 45.7 Å². The third kappa shape index (κ3) is 4.22. The van der Waals surface area contributed by atoms with Crippen molar-refractivity contribution in [2.75, 3.05) is 27.3 Å². The summed E-state index contributed by atoms with van der Waals surface area (Å²) in [6.45, 7) is 2.15. The molecule has 3 amide bonds. The van der Waals surface area contributed by atoms with Crippen LogP contribution in [-0.2, 0) is 9.59 Å². The molecule has 0 unspecified atom stereocenters. The first-order chi connectivity index (χ1) is 14.0. The molecule has 1 aliphatic rings. The molecule has 0 bridgehead atoms. The van der Waals surface area contributed by atoms with Crippen LogP contribution in [0.1, 0.15) is 18.9 Å². The van der Waals surface area contributed by atoms with E-state index >= 15 is 0 Å². The number of carbonyl (C=O) groups excluding carboxylic acids is 3. The Balaban J connectivity index is 1.96. The van der Waals surface area contributed by atoms with Crippen LogP contribution >= 0.6 is 11.8 Å². The van der Waals surface area contributed by atoms with Gasteiger partial charge in [-0.25, -0.2) is 0 Å². The summed E-state index contributed by atoms with van der Waals surface area (Å²) in [5.74, 6) is 0.472. The van der Waals surface area contributed by atoms with Crippen LogP contribution in [-0.4, -0.2) is 49.3 Å². The number of hydrogen-bond acceptors (Lipinski definition) is 6. The summed E-state index contributed by atoms with van der Waals surface area (Å²) in [4.78, 5) is 38.2. The molecular weight excluding hydrogens is 392 g/mol. The van der Waals surface area contributed by atoms with Gasteiger partial charge in [-0.1, -0.05) is 25.1 Å². The number of fused-ring (bicyclic) bond motifs is 1. The van der Waals surface area contributed by atoms with E-state index in [-0.39, 0.29) is 17.4 Å². The normalized spacial score (nSPS) is 15.3. The number of rotatable bonds is 7. The van der Waals surface area contributed by atoms with Crippen LogP contribution in [0.2, 0.25) is 0 Å². The number of nitrogens with zero attached hydrogens (tertiary/aromatic N) is 1. The topological polar surface area (TPSA) is 84.9 Å². The van der Waals surface area contributed by atoms with Gasteiger partial charge >= 0.3 is 0 Å². The van der Waals surface area contributed by atoms with Crippen LogP contribution in [0.3, 0.4) is 0 Å². The highest BCUT2D eigenvalue weighted by molar-refractivity contribution is 8.18. The fourth-order valence-electron chi connectivity index (χ4n) is 3.08. The predicted octanol–water partition coefficient (Wildman–Crippen LogP) is 3.42. The lowest BCUT2D eigenvalue weighted by molar-refractivity contribution is -0.129. The lowest BCUT2D eigenvalue weighted by Gasteiger charge is -2.13. The monoisotopic (exact) mass is 414 g/mol. The maximum atomic E-state index is 12.7. The van der Waals surface area contributed by atoms with Gasteiger partial charge in [-0.3, -0.25) is 19.3 Å². The van der Waals surface area contributed by atoms with Gasteiger partial charge in [-0.15, -0.1) is 0 Å². The summed E-state index contributed by atoms with van der Waals surface area (Å²) in [6, 6.07) is 9.19. The van der Waals surface area contributed by atoms with Crippen molar-refractivity contribution in [1.82, 2.24) is 10.2 Å². The van der Waals surface area contributed by atoms with E-state index in [0.717, 1.165) is 39.4 Å². The van der Waals surface area contributed by atoms with E-state index in [1.165, 1.54) is 0 Å². The lowest BCUT2D eigenvalue weighted by Crippen LogP contribution is -2.39.